The van der Waals surface area contributed by atoms with Crippen molar-refractivity contribution in [3.05, 3.63) is 66.7 Å². The van der Waals surface area contributed by atoms with Crippen molar-refractivity contribution in [3.63, 3.8) is 0 Å². The molecular weight excluding hydrogens is 338 g/mol. The van der Waals surface area contributed by atoms with Gasteiger partial charge in [-0.15, -0.1) is 0 Å². The van der Waals surface area contributed by atoms with Crippen molar-refractivity contribution >= 4 is 28.2 Å². The predicted molar refractivity (Wildman–Crippen MR) is 111 cm³/mol. The second kappa shape index (κ2) is 8.27. The van der Waals surface area contributed by atoms with Gasteiger partial charge in [0, 0.05) is 11.3 Å². The second-order valence-corrected chi connectivity index (χ2v) is 5.64. The Labute approximate surface area is 158 Å². The number of nitrogens with two attached hydrogens (primary N) is 1. The van der Waals surface area contributed by atoms with E-state index in [2.05, 4.69) is 10.3 Å². The first-order chi connectivity index (χ1) is 13.2. The van der Waals surface area contributed by atoms with E-state index >= 15 is 0 Å². The van der Waals surface area contributed by atoms with E-state index in [0.29, 0.717) is 11.6 Å². The zero-order valence-corrected chi connectivity index (χ0v) is 15.7. The van der Waals surface area contributed by atoms with Gasteiger partial charge < -0.3 is 20.2 Å². The van der Waals surface area contributed by atoms with E-state index in [9.17, 15) is 0 Å². The Hall–Kier alpha value is -3.47. The first-order valence-electron chi connectivity index (χ1n) is 8.89. The number of anilines is 3. The van der Waals surface area contributed by atoms with Crippen molar-refractivity contribution in [2.24, 2.45) is 0 Å². The predicted octanol–water partition coefficient (Wildman–Crippen LogP) is 5.86. The molecule has 27 heavy (non-hydrogen) atoms. The standard InChI is InChI=1S/C20H17N3O2.C2H6/c1-24-15-9-7-14(8-10-15)22-17-11-6-13(12-16(17)21)20-23-18-4-2-3-5-19(18)25-20;1-2/h2-12,22H,21H2,1H3;1-2H3. The third-order valence-electron chi connectivity index (χ3n) is 3.96. The average molecular weight is 361 g/mol. The number of rotatable bonds is 4. The Balaban J connectivity index is 0.00000102. The van der Waals surface area contributed by atoms with Crippen LogP contribution in [0.15, 0.2) is 71.1 Å². The normalized spacial score (nSPS) is 10.2. The van der Waals surface area contributed by atoms with Gasteiger partial charge in [-0.1, -0.05) is 26.0 Å². The minimum absolute atomic E-state index is 0.559. The van der Waals surface area contributed by atoms with Crippen LogP contribution < -0.4 is 15.8 Å². The maximum Gasteiger partial charge on any atom is 0.227 e. The highest BCUT2D eigenvalue weighted by atomic mass is 16.5. The molecule has 0 fully saturated rings. The summed E-state index contributed by atoms with van der Waals surface area (Å²) >= 11 is 0. The molecule has 0 unspecified atom stereocenters. The van der Waals surface area contributed by atoms with Crippen molar-refractivity contribution in [1.29, 1.82) is 0 Å². The van der Waals surface area contributed by atoms with E-state index in [0.717, 1.165) is 33.8 Å². The molecule has 4 rings (SSSR count). The summed E-state index contributed by atoms with van der Waals surface area (Å²) in [5, 5.41) is 3.30. The molecule has 0 aliphatic heterocycles. The van der Waals surface area contributed by atoms with Crippen LogP contribution in [0.25, 0.3) is 22.6 Å². The second-order valence-electron chi connectivity index (χ2n) is 5.64. The lowest BCUT2D eigenvalue weighted by Crippen LogP contribution is -1.96. The van der Waals surface area contributed by atoms with Crippen molar-refractivity contribution in [2.75, 3.05) is 18.2 Å². The van der Waals surface area contributed by atoms with Gasteiger partial charge >= 0.3 is 0 Å². The van der Waals surface area contributed by atoms with E-state index in [1.807, 2.05) is 80.6 Å². The molecule has 0 saturated heterocycles. The molecular formula is C22H23N3O2. The summed E-state index contributed by atoms with van der Waals surface area (Å²) in [6.07, 6.45) is 0. The molecule has 0 spiro atoms. The minimum atomic E-state index is 0.559. The van der Waals surface area contributed by atoms with Gasteiger partial charge in [-0.3, -0.25) is 0 Å². The van der Waals surface area contributed by atoms with Crippen LogP contribution in [0.1, 0.15) is 13.8 Å². The lowest BCUT2D eigenvalue weighted by molar-refractivity contribution is 0.415. The largest absolute Gasteiger partial charge is 0.497 e. The van der Waals surface area contributed by atoms with Crippen LogP contribution in [0, 0.1) is 0 Å². The van der Waals surface area contributed by atoms with Crippen LogP contribution in [0.5, 0.6) is 5.75 Å². The van der Waals surface area contributed by atoms with Crippen LogP contribution in [-0.2, 0) is 0 Å². The SMILES string of the molecule is CC.COc1ccc(Nc2ccc(-c3nc4ccccc4o3)cc2N)cc1. The molecule has 4 aromatic rings. The summed E-state index contributed by atoms with van der Waals surface area (Å²) < 4.78 is 11.0. The molecule has 5 heteroatoms. The van der Waals surface area contributed by atoms with Gasteiger partial charge in [0.05, 0.1) is 18.5 Å². The molecule has 0 atom stereocenters. The van der Waals surface area contributed by atoms with Gasteiger partial charge in [0.2, 0.25) is 5.89 Å². The number of oxazole rings is 1. The van der Waals surface area contributed by atoms with E-state index in [1.165, 1.54) is 0 Å². The van der Waals surface area contributed by atoms with Crippen LogP contribution >= 0.6 is 0 Å². The monoisotopic (exact) mass is 361 g/mol. The van der Waals surface area contributed by atoms with E-state index in [4.69, 9.17) is 14.9 Å². The lowest BCUT2D eigenvalue weighted by Gasteiger charge is -2.10. The molecule has 0 amide bonds. The number of ether oxygens (including phenoxy) is 1. The van der Waals surface area contributed by atoms with Crippen molar-refractivity contribution in [1.82, 2.24) is 4.98 Å². The molecule has 1 aromatic heterocycles. The number of nitrogens with one attached hydrogen (secondary N) is 1. The number of hydrogen-bond acceptors (Lipinski definition) is 5. The molecule has 0 aliphatic carbocycles. The molecule has 3 aromatic carbocycles. The van der Waals surface area contributed by atoms with Crippen LogP contribution in [0.2, 0.25) is 0 Å². The topological polar surface area (TPSA) is 73.3 Å². The van der Waals surface area contributed by atoms with Crippen LogP contribution in [0.3, 0.4) is 0 Å². The van der Waals surface area contributed by atoms with Gasteiger partial charge in [-0.2, -0.15) is 0 Å². The number of benzene rings is 3. The highest BCUT2D eigenvalue weighted by molar-refractivity contribution is 5.80. The van der Waals surface area contributed by atoms with Gasteiger partial charge in [-0.05, 0) is 54.6 Å². The zero-order valence-electron chi connectivity index (χ0n) is 15.7. The fourth-order valence-corrected chi connectivity index (χ4v) is 2.64. The van der Waals surface area contributed by atoms with Gasteiger partial charge in [0.25, 0.3) is 0 Å². The Morgan fingerprint density at radius 2 is 1.70 bits per heavy atom. The zero-order chi connectivity index (χ0) is 19.2. The Morgan fingerprint density at radius 3 is 2.37 bits per heavy atom. The van der Waals surface area contributed by atoms with Gasteiger partial charge in [-0.25, -0.2) is 4.98 Å². The van der Waals surface area contributed by atoms with Gasteiger partial charge in [0.1, 0.15) is 11.3 Å². The summed E-state index contributed by atoms with van der Waals surface area (Å²) in [5.41, 5.74) is 11.0. The number of fused-ring (bicyclic) bond motifs is 1. The minimum Gasteiger partial charge on any atom is -0.497 e. The Bertz CT molecular complexity index is 990. The summed E-state index contributed by atoms with van der Waals surface area (Å²) in [6, 6.07) is 21.1. The highest BCUT2D eigenvalue weighted by Crippen LogP contribution is 2.30. The third-order valence-corrected chi connectivity index (χ3v) is 3.96. The maximum atomic E-state index is 6.20. The molecule has 0 aliphatic rings. The first kappa shape index (κ1) is 18.3. The summed E-state index contributed by atoms with van der Waals surface area (Å²) in [5.74, 6) is 1.37. The van der Waals surface area contributed by atoms with Crippen molar-refractivity contribution in [3.8, 4) is 17.2 Å². The fourth-order valence-electron chi connectivity index (χ4n) is 2.64. The number of para-hydroxylation sites is 2. The Kier molecular flexibility index (Phi) is 5.61. The van der Waals surface area contributed by atoms with E-state index < -0.39 is 0 Å². The number of methoxy groups -OCH3 is 1. The average Bonchev–Trinajstić information content (AvgIpc) is 3.16. The van der Waals surface area contributed by atoms with E-state index in [1.54, 1.807) is 7.11 Å². The Morgan fingerprint density at radius 1 is 0.963 bits per heavy atom. The molecule has 5 nitrogen and oxygen atoms in total. The number of aromatic nitrogens is 1. The van der Waals surface area contributed by atoms with Crippen LogP contribution in [0.4, 0.5) is 17.1 Å². The molecule has 138 valence electrons. The number of nitrogens with zero attached hydrogens (tertiary/aromatic N) is 1. The maximum absolute atomic E-state index is 6.20. The molecule has 0 saturated carbocycles. The number of nitrogen functional groups attached to an aromatic ring is 1. The van der Waals surface area contributed by atoms with Crippen LogP contribution in [-0.4, -0.2) is 12.1 Å². The molecule has 3 N–H and O–H groups in total. The van der Waals surface area contributed by atoms with Crippen molar-refractivity contribution in [2.45, 2.75) is 13.8 Å². The molecule has 1 heterocycles. The molecule has 0 bridgehead atoms. The number of hydrogen-bond donors (Lipinski definition) is 2. The third kappa shape index (κ3) is 4.03. The summed E-state index contributed by atoms with van der Waals surface area (Å²) in [6.45, 7) is 4.00. The molecule has 0 radical (unpaired) electrons. The van der Waals surface area contributed by atoms with E-state index in [-0.39, 0.29) is 0 Å². The smallest absolute Gasteiger partial charge is 0.227 e. The first-order valence-corrected chi connectivity index (χ1v) is 8.89. The fraction of sp³-hybridized carbons (Fsp3) is 0.136. The quantitative estimate of drug-likeness (QED) is 0.446. The highest BCUT2D eigenvalue weighted by Gasteiger charge is 2.10. The summed E-state index contributed by atoms with van der Waals surface area (Å²) in [4.78, 5) is 4.50. The van der Waals surface area contributed by atoms with Crippen molar-refractivity contribution < 1.29 is 9.15 Å². The lowest BCUT2D eigenvalue weighted by atomic mass is 10.1. The summed E-state index contributed by atoms with van der Waals surface area (Å²) in [7, 11) is 1.64. The van der Waals surface area contributed by atoms with Gasteiger partial charge in [0.15, 0.2) is 5.58 Å².